The van der Waals surface area contributed by atoms with Crippen LogP contribution in [-0.2, 0) is 0 Å². The molecule has 3 aromatic rings. The van der Waals surface area contributed by atoms with Crippen LogP contribution < -0.4 is 21.7 Å². The Morgan fingerprint density at radius 3 is 2.81 bits per heavy atom. The molecule has 1 atom stereocenters. The van der Waals surface area contributed by atoms with Gasteiger partial charge in [0.1, 0.15) is 11.9 Å². The van der Waals surface area contributed by atoms with Crippen molar-refractivity contribution in [3.05, 3.63) is 48.0 Å². The molecule has 130 valence electrons. The van der Waals surface area contributed by atoms with Gasteiger partial charge in [0.15, 0.2) is 0 Å². The third kappa shape index (κ3) is 2.98. The van der Waals surface area contributed by atoms with Crippen molar-refractivity contribution >= 4 is 34.0 Å². The standard InChI is InChI=1S/C19H19N7/c20-10-12-9-14(5-6-16(12)22)23-19-24-17-4-2-1-3-15(17)18(25-19)26-8-7-13(21)11-26/h1-6,9,13H,7-8,11,21-22H2,(H,23,24,25). The Hall–Kier alpha value is -3.37. The highest BCUT2D eigenvalue weighted by molar-refractivity contribution is 5.91. The Morgan fingerprint density at radius 2 is 2.04 bits per heavy atom. The Kier molecular flexibility index (Phi) is 4.03. The van der Waals surface area contributed by atoms with Crippen molar-refractivity contribution < 1.29 is 0 Å². The smallest absolute Gasteiger partial charge is 0.229 e. The van der Waals surface area contributed by atoms with Gasteiger partial charge in [0, 0.05) is 35.9 Å². The number of nitrogens with one attached hydrogen (secondary N) is 1. The number of hydrogen-bond acceptors (Lipinski definition) is 7. The number of nitrogens with zero attached hydrogens (tertiary/aromatic N) is 4. The number of aromatic nitrogens is 2. The summed E-state index contributed by atoms with van der Waals surface area (Å²) in [5.74, 6) is 1.36. The lowest BCUT2D eigenvalue weighted by Crippen LogP contribution is -2.27. The molecule has 7 nitrogen and oxygen atoms in total. The molecule has 0 amide bonds. The van der Waals surface area contributed by atoms with Crippen LogP contribution in [-0.4, -0.2) is 29.1 Å². The van der Waals surface area contributed by atoms with Gasteiger partial charge in [-0.3, -0.25) is 0 Å². The highest BCUT2D eigenvalue weighted by Crippen LogP contribution is 2.29. The van der Waals surface area contributed by atoms with Crippen molar-refractivity contribution in [2.45, 2.75) is 12.5 Å². The van der Waals surface area contributed by atoms with E-state index in [1.165, 1.54) is 0 Å². The first kappa shape index (κ1) is 16.1. The lowest BCUT2D eigenvalue weighted by Gasteiger charge is -2.20. The average Bonchev–Trinajstić information content (AvgIpc) is 3.09. The van der Waals surface area contributed by atoms with E-state index in [2.05, 4.69) is 21.3 Å². The molecule has 0 spiro atoms. The monoisotopic (exact) mass is 345 g/mol. The van der Waals surface area contributed by atoms with E-state index >= 15 is 0 Å². The van der Waals surface area contributed by atoms with E-state index in [1.807, 2.05) is 24.3 Å². The third-order valence-electron chi connectivity index (χ3n) is 4.54. The summed E-state index contributed by atoms with van der Waals surface area (Å²) in [6.45, 7) is 1.66. The molecule has 1 saturated heterocycles. The molecule has 2 aromatic carbocycles. The molecule has 0 saturated carbocycles. The molecule has 26 heavy (non-hydrogen) atoms. The molecular formula is C19H19N7. The van der Waals surface area contributed by atoms with Gasteiger partial charge in [0.05, 0.1) is 11.1 Å². The zero-order chi connectivity index (χ0) is 18.1. The lowest BCUT2D eigenvalue weighted by molar-refractivity contribution is 0.751. The number of fused-ring (bicyclic) bond motifs is 1. The summed E-state index contributed by atoms with van der Waals surface area (Å²) in [5.41, 5.74) is 14.3. The third-order valence-corrected chi connectivity index (χ3v) is 4.54. The van der Waals surface area contributed by atoms with Gasteiger partial charge in [-0.05, 0) is 36.8 Å². The van der Waals surface area contributed by atoms with E-state index in [0.717, 1.165) is 41.9 Å². The summed E-state index contributed by atoms with van der Waals surface area (Å²) < 4.78 is 0. The van der Waals surface area contributed by atoms with E-state index in [0.29, 0.717) is 17.2 Å². The van der Waals surface area contributed by atoms with Crippen molar-refractivity contribution in [2.75, 3.05) is 29.0 Å². The molecule has 0 bridgehead atoms. The van der Waals surface area contributed by atoms with Crippen LogP contribution in [0.5, 0.6) is 0 Å². The van der Waals surface area contributed by atoms with E-state index < -0.39 is 0 Å². The summed E-state index contributed by atoms with van der Waals surface area (Å²) in [4.78, 5) is 11.5. The summed E-state index contributed by atoms with van der Waals surface area (Å²) in [6.07, 6.45) is 0.949. The van der Waals surface area contributed by atoms with E-state index in [1.54, 1.807) is 18.2 Å². The Bertz CT molecular complexity index is 1010. The number of nitrogens with two attached hydrogens (primary N) is 2. The minimum absolute atomic E-state index is 0.162. The molecule has 1 aliphatic heterocycles. The van der Waals surface area contributed by atoms with Crippen molar-refractivity contribution in [2.24, 2.45) is 5.73 Å². The predicted molar refractivity (Wildman–Crippen MR) is 103 cm³/mol. The van der Waals surface area contributed by atoms with E-state index in [4.69, 9.17) is 21.7 Å². The van der Waals surface area contributed by atoms with Crippen LogP contribution in [0.2, 0.25) is 0 Å². The maximum Gasteiger partial charge on any atom is 0.229 e. The number of nitriles is 1. The van der Waals surface area contributed by atoms with Gasteiger partial charge in [-0.15, -0.1) is 0 Å². The zero-order valence-corrected chi connectivity index (χ0v) is 14.2. The van der Waals surface area contributed by atoms with Crippen LogP contribution >= 0.6 is 0 Å². The second-order valence-corrected chi connectivity index (χ2v) is 6.42. The first-order chi connectivity index (χ1) is 12.6. The molecule has 2 heterocycles. The van der Waals surface area contributed by atoms with Crippen LogP contribution in [0.3, 0.4) is 0 Å². The van der Waals surface area contributed by atoms with Crippen molar-refractivity contribution in [3.8, 4) is 6.07 Å². The highest BCUT2D eigenvalue weighted by atomic mass is 15.3. The molecule has 7 heteroatoms. The fraction of sp³-hybridized carbons (Fsp3) is 0.211. The van der Waals surface area contributed by atoms with Gasteiger partial charge in [-0.1, -0.05) is 12.1 Å². The van der Waals surface area contributed by atoms with E-state index in [-0.39, 0.29) is 6.04 Å². The van der Waals surface area contributed by atoms with Crippen LogP contribution in [0.25, 0.3) is 10.9 Å². The van der Waals surface area contributed by atoms with Crippen LogP contribution in [0.15, 0.2) is 42.5 Å². The number of hydrogen-bond donors (Lipinski definition) is 3. The van der Waals surface area contributed by atoms with Gasteiger partial charge < -0.3 is 21.7 Å². The number of benzene rings is 2. The molecule has 1 aliphatic rings. The highest BCUT2D eigenvalue weighted by Gasteiger charge is 2.23. The first-order valence-electron chi connectivity index (χ1n) is 8.48. The average molecular weight is 345 g/mol. The minimum atomic E-state index is 0.162. The van der Waals surface area contributed by atoms with Crippen molar-refractivity contribution in [1.82, 2.24) is 9.97 Å². The molecular weight excluding hydrogens is 326 g/mol. The van der Waals surface area contributed by atoms with Gasteiger partial charge in [0.25, 0.3) is 0 Å². The molecule has 5 N–H and O–H groups in total. The SMILES string of the molecule is N#Cc1cc(Nc2nc(N3CCC(N)C3)c3ccccc3n2)ccc1N. The Morgan fingerprint density at radius 1 is 1.19 bits per heavy atom. The Labute approximate surface area is 151 Å². The number of para-hydroxylation sites is 1. The number of anilines is 4. The van der Waals surface area contributed by atoms with E-state index in [9.17, 15) is 0 Å². The van der Waals surface area contributed by atoms with Crippen molar-refractivity contribution in [3.63, 3.8) is 0 Å². The molecule has 4 rings (SSSR count). The van der Waals surface area contributed by atoms with Crippen LogP contribution in [0.4, 0.5) is 23.1 Å². The normalized spacial score (nSPS) is 16.6. The van der Waals surface area contributed by atoms with Gasteiger partial charge in [0.2, 0.25) is 5.95 Å². The fourth-order valence-electron chi connectivity index (χ4n) is 3.20. The number of rotatable bonds is 3. The van der Waals surface area contributed by atoms with Crippen molar-refractivity contribution in [1.29, 1.82) is 5.26 Å². The lowest BCUT2D eigenvalue weighted by atomic mass is 10.2. The van der Waals surface area contributed by atoms with Gasteiger partial charge in [-0.2, -0.15) is 10.2 Å². The van der Waals surface area contributed by atoms with Gasteiger partial charge >= 0.3 is 0 Å². The molecule has 0 radical (unpaired) electrons. The summed E-state index contributed by atoms with van der Waals surface area (Å²) in [5, 5.41) is 13.3. The summed E-state index contributed by atoms with van der Waals surface area (Å²) in [6, 6.07) is 15.4. The molecule has 0 aliphatic carbocycles. The largest absolute Gasteiger partial charge is 0.398 e. The zero-order valence-electron chi connectivity index (χ0n) is 14.2. The fourth-order valence-corrected chi connectivity index (χ4v) is 3.20. The topological polar surface area (TPSA) is 117 Å². The van der Waals surface area contributed by atoms with Gasteiger partial charge in [-0.25, -0.2) is 4.98 Å². The molecule has 1 aromatic heterocycles. The maximum absolute atomic E-state index is 9.16. The summed E-state index contributed by atoms with van der Waals surface area (Å²) >= 11 is 0. The minimum Gasteiger partial charge on any atom is -0.398 e. The Balaban J connectivity index is 1.75. The second kappa shape index (κ2) is 6.50. The quantitative estimate of drug-likeness (QED) is 0.624. The van der Waals surface area contributed by atoms with Crippen LogP contribution in [0, 0.1) is 11.3 Å². The predicted octanol–water partition coefficient (Wildman–Crippen LogP) is 2.36. The number of nitrogen functional groups attached to an aromatic ring is 1. The maximum atomic E-state index is 9.16. The summed E-state index contributed by atoms with van der Waals surface area (Å²) in [7, 11) is 0. The second-order valence-electron chi connectivity index (χ2n) is 6.42. The first-order valence-corrected chi connectivity index (χ1v) is 8.48. The van der Waals surface area contributed by atoms with Crippen LogP contribution in [0.1, 0.15) is 12.0 Å². The molecule has 1 fully saturated rings. The molecule has 1 unspecified atom stereocenters.